The van der Waals surface area contributed by atoms with Gasteiger partial charge in [0.05, 0.1) is 13.0 Å². The molecule has 1 amide bonds. The summed E-state index contributed by atoms with van der Waals surface area (Å²) in [6, 6.07) is 15.5. The molecule has 162 valence electrons. The Labute approximate surface area is 183 Å². The smallest absolute Gasteiger partial charge is 0.253 e. The first kappa shape index (κ1) is 21.1. The average Bonchev–Trinajstić information content (AvgIpc) is 3.29. The number of rotatable bonds is 4. The van der Waals surface area contributed by atoms with Crippen molar-refractivity contribution < 1.29 is 14.1 Å². The lowest BCUT2D eigenvalue weighted by Gasteiger charge is -2.31. The van der Waals surface area contributed by atoms with Gasteiger partial charge in [-0.2, -0.15) is 4.98 Å². The molecule has 4 rings (SSSR count). The van der Waals surface area contributed by atoms with Crippen molar-refractivity contribution in [3.8, 4) is 17.1 Å². The van der Waals surface area contributed by atoms with Crippen LogP contribution in [0.3, 0.4) is 0 Å². The van der Waals surface area contributed by atoms with Crippen LogP contribution in [0.15, 0.2) is 53.1 Å². The van der Waals surface area contributed by atoms with Crippen molar-refractivity contribution in [1.82, 2.24) is 15.0 Å². The number of ether oxygens (including phenoxy) is 1. The predicted molar refractivity (Wildman–Crippen MR) is 119 cm³/mol. The molecule has 0 bridgehead atoms. The third-order valence-corrected chi connectivity index (χ3v) is 5.83. The summed E-state index contributed by atoms with van der Waals surface area (Å²) in [5, 5.41) is 4.15. The Bertz CT molecular complexity index is 1050. The van der Waals surface area contributed by atoms with Crippen molar-refractivity contribution in [1.29, 1.82) is 0 Å². The minimum Gasteiger partial charge on any atom is -0.497 e. The van der Waals surface area contributed by atoms with E-state index in [0.29, 0.717) is 18.3 Å². The van der Waals surface area contributed by atoms with E-state index in [0.717, 1.165) is 36.3 Å². The first-order valence-electron chi connectivity index (χ1n) is 10.7. The van der Waals surface area contributed by atoms with E-state index in [9.17, 15) is 4.79 Å². The average molecular weight is 420 g/mol. The molecule has 1 fully saturated rings. The molecule has 6 nitrogen and oxygen atoms in total. The second kappa shape index (κ2) is 8.53. The van der Waals surface area contributed by atoms with Gasteiger partial charge in [-0.25, -0.2) is 0 Å². The van der Waals surface area contributed by atoms with Gasteiger partial charge < -0.3 is 14.2 Å². The maximum atomic E-state index is 13.1. The van der Waals surface area contributed by atoms with Crippen LogP contribution in [0.25, 0.3) is 11.4 Å². The number of benzene rings is 2. The summed E-state index contributed by atoms with van der Waals surface area (Å²) in [6.45, 7) is 7.84. The quantitative estimate of drug-likeness (QED) is 0.591. The molecule has 2 aromatic carbocycles. The summed E-state index contributed by atoms with van der Waals surface area (Å²) in [7, 11) is 1.63. The summed E-state index contributed by atoms with van der Waals surface area (Å²) >= 11 is 0. The molecule has 1 saturated heterocycles. The fourth-order valence-electron chi connectivity index (χ4n) is 3.94. The van der Waals surface area contributed by atoms with Crippen molar-refractivity contribution in [2.24, 2.45) is 0 Å². The van der Waals surface area contributed by atoms with Crippen molar-refractivity contribution >= 4 is 5.91 Å². The standard InChI is InChI=1S/C25H29N3O3/c1-25(2,3)20-12-10-17(11-13-20)24(29)28-14-6-8-19(16-28)23-26-22(27-31-23)18-7-5-9-21(15-18)30-4/h5,7,9-13,15,19H,6,8,14,16H2,1-4H3/t19-/m1/s1. The lowest BCUT2D eigenvalue weighted by atomic mass is 9.86. The summed E-state index contributed by atoms with van der Waals surface area (Å²) < 4.78 is 10.9. The lowest BCUT2D eigenvalue weighted by molar-refractivity contribution is 0.0695. The highest BCUT2D eigenvalue weighted by Gasteiger charge is 2.29. The van der Waals surface area contributed by atoms with E-state index < -0.39 is 0 Å². The van der Waals surface area contributed by atoms with Crippen LogP contribution in [0.1, 0.15) is 61.3 Å². The highest BCUT2D eigenvalue weighted by molar-refractivity contribution is 5.94. The number of methoxy groups -OCH3 is 1. The molecule has 31 heavy (non-hydrogen) atoms. The molecule has 0 aliphatic carbocycles. The van der Waals surface area contributed by atoms with E-state index in [-0.39, 0.29) is 17.2 Å². The van der Waals surface area contributed by atoms with Gasteiger partial charge in [0.25, 0.3) is 5.91 Å². The molecule has 3 aromatic rings. The number of hydrogen-bond acceptors (Lipinski definition) is 5. The third kappa shape index (κ3) is 4.63. The molecule has 1 aromatic heterocycles. The maximum absolute atomic E-state index is 13.1. The minimum absolute atomic E-state index is 0.0402. The molecule has 1 aliphatic rings. The molecule has 6 heteroatoms. The zero-order valence-corrected chi connectivity index (χ0v) is 18.6. The van der Waals surface area contributed by atoms with Gasteiger partial charge in [-0.15, -0.1) is 0 Å². The Kier molecular flexibility index (Phi) is 5.81. The maximum Gasteiger partial charge on any atom is 0.253 e. The second-order valence-corrected chi connectivity index (χ2v) is 9.11. The van der Waals surface area contributed by atoms with Gasteiger partial charge in [0, 0.05) is 24.2 Å². The van der Waals surface area contributed by atoms with Crippen molar-refractivity contribution in [2.75, 3.05) is 20.2 Å². The fraction of sp³-hybridized carbons (Fsp3) is 0.400. The fourth-order valence-corrected chi connectivity index (χ4v) is 3.94. The number of piperidine rings is 1. The number of carbonyl (C=O) groups is 1. The van der Waals surface area contributed by atoms with Crippen LogP contribution >= 0.6 is 0 Å². The number of likely N-dealkylation sites (tertiary alicyclic amines) is 1. The molecule has 0 spiro atoms. The first-order valence-corrected chi connectivity index (χ1v) is 10.7. The van der Waals surface area contributed by atoms with E-state index in [1.165, 1.54) is 5.56 Å². The predicted octanol–water partition coefficient (Wildman–Crippen LogP) is 5.06. The Hall–Kier alpha value is -3.15. The molecule has 0 N–H and O–H groups in total. The van der Waals surface area contributed by atoms with Crippen LogP contribution in [0, 0.1) is 0 Å². The first-order chi connectivity index (χ1) is 14.8. The highest BCUT2D eigenvalue weighted by atomic mass is 16.5. The topological polar surface area (TPSA) is 68.5 Å². The number of aromatic nitrogens is 2. The van der Waals surface area contributed by atoms with Gasteiger partial charge in [-0.05, 0) is 48.1 Å². The van der Waals surface area contributed by atoms with Gasteiger partial charge in [0.15, 0.2) is 0 Å². The zero-order valence-electron chi connectivity index (χ0n) is 18.6. The molecule has 1 aliphatic heterocycles. The number of carbonyl (C=O) groups excluding carboxylic acids is 1. The van der Waals surface area contributed by atoms with E-state index in [4.69, 9.17) is 9.26 Å². The van der Waals surface area contributed by atoms with E-state index >= 15 is 0 Å². The Morgan fingerprint density at radius 3 is 2.65 bits per heavy atom. The number of hydrogen-bond donors (Lipinski definition) is 0. The normalized spacial score (nSPS) is 16.9. The number of amides is 1. The zero-order chi connectivity index (χ0) is 22.0. The number of nitrogens with zero attached hydrogens (tertiary/aromatic N) is 3. The monoisotopic (exact) mass is 419 g/mol. The largest absolute Gasteiger partial charge is 0.497 e. The van der Waals surface area contributed by atoms with Crippen LogP contribution in [0.5, 0.6) is 5.75 Å². The van der Waals surface area contributed by atoms with Crippen LogP contribution < -0.4 is 4.74 Å². The highest BCUT2D eigenvalue weighted by Crippen LogP contribution is 2.29. The third-order valence-electron chi connectivity index (χ3n) is 5.83. The van der Waals surface area contributed by atoms with Crippen molar-refractivity contribution in [3.05, 3.63) is 65.5 Å². The van der Waals surface area contributed by atoms with Gasteiger partial charge >= 0.3 is 0 Å². The van der Waals surface area contributed by atoms with Gasteiger partial charge in [-0.3, -0.25) is 4.79 Å². The summed E-state index contributed by atoms with van der Waals surface area (Å²) in [5.41, 5.74) is 2.85. The van der Waals surface area contributed by atoms with Gasteiger partial charge in [0.1, 0.15) is 5.75 Å². The summed E-state index contributed by atoms with van der Waals surface area (Å²) in [4.78, 5) is 19.6. The molecule has 0 radical (unpaired) electrons. The van der Waals surface area contributed by atoms with Crippen molar-refractivity contribution in [2.45, 2.75) is 44.9 Å². The van der Waals surface area contributed by atoms with Crippen LogP contribution in [0.2, 0.25) is 0 Å². The second-order valence-electron chi connectivity index (χ2n) is 9.11. The molecular formula is C25H29N3O3. The minimum atomic E-state index is 0.0402. The molecule has 1 atom stereocenters. The Morgan fingerprint density at radius 2 is 1.94 bits per heavy atom. The molecule has 2 heterocycles. The lowest BCUT2D eigenvalue weighted by Crippen LogP contribution is -2.39. The van der Waals surface area contributed by atoms with Crippen LogP contribution in [-0.2, 0) is 5.41 Å². The van der Waals surface area contributed by atoms with Gasteiger partial charge in [0.2, 0.25) is 11.7 Å². The van der Waals surface area contributed by atoms with Crippen LogP contribution in [-0.4, -0.2) is 41.1 Å². The molecular weight excluding hydrogens is 390 g/mol. The van der Waals surface area contributed by atoms with Crippen LogP contribution in [0.4, 0.5) is 0 Å². The van der Waals surface area contributed by atoms with Gasteiger partial charge in [-0.1, -0.05) is 50.2 Å². The Balaban J connectivity index is 1.47. The summed E-state index contributed by atoms with van der Waals surface area (Å²) in [6.07, 6.45) is 1.83. The summed E-state index contributed by atoms with van der Waals surface area (Å²) in [5.74, 6) is 1.96. The Morgan fingerprint density at radius 1 is 1.16 bits per heavy atom. The molecule has 0 saturated carbocycles. The van der Waals surface area contributed by atoms with E-state index in [2.05, 4.69) is 30.9 Å². The van der Waals surface area contributed by atoms with E-state index in [1.54, 1.807) is 7.11 Å². The van der Waals surface area contributed by atoms with Crippen molar-refractivity contribution in [3.63, 3.8) is 0 Å². The van der Waals surface area contributed by atoms with E-state index in [1.807, 2.05) is 53.4 Å². The SMILES string of the molecule is COc1cccc(-c2noc([C@@H]3CCCN(C(=O)c4ccc(C(C)(C)C)cc4)C3)n2)c1. The molecule has 0 unspecified atom stereocenters.